The molecular weight excluding hydrogens is 406 g/mol. The van der Waals surface area contributed by atoms with Gasteiger partial charge in [-0.15, -0.1) is 0 Å². The van der Waals surface area contributed by atoms with Crippen LogP contribution in [-0.4, -0.2) is 38.1 Å². The van der Waals surface area contributed by atoms with Crippen LogP contribution in [0.3, 0.4) is 0 Å². The average Bonchev–Trinajstić information content (AvgIpc) is 3.13. The number of anilines is 1. The average molecular weight is 430 g/mol. The largest absolute Gasteiger partial charge is 0.486 e. The van der Waals surface area contributed by atoms with Crippen molar-refractivity contribution in [3.63, 3.8) is 0 Å². The van der Waals surface area contributed by atoms with Gasteiger partial charge in [-0.05, 0) is 29.8 Å². The van der Waals surface area contributed by atoms with Gasteiger partial charge >= 0.3 is 0 Å². The highest BCUT2D eigenvalue weighted by Gasteiger charge is 2.37. The molecule has 31 heavy (non-hydrogen) atoms. The molecule has 0 bridgehead atoms. The first kappa shape index (κ1) is 21.1. The summed E-state index contributed by atoms with van der Waals surface area (Å²) in [7, 11) is 0. The predicted octanol–water partition coefficient (Wildman–Crippen LogP) is 3.18. The minimum atomic E-state index is -0.825. The molecule has 2 aromatic carbocycles. The molecule has 1 unspecified atom stereocenters. The maximum Gasteiger partial charge on any atom is 0.227 e. The van der Waals surface area contributed by atoms with E-state index in [1.165, 1.54) is 11.0 Å². The Morgan fingerprint density at radius 1 is 1.13 bits per heavy atom. The topological polar surface area (TPSA) is 67.9 Å². The van der Waals surface area contributed by atoms with Crippen molar-refractivity contribution in [1.82, 2.24) is 5.32 Å². The quantitative estimate of drug-likeness (QED) is 0.791. The van der Waals surface area contributed by atoms with E-state index >= 15 is 0 Å². The lowest BCUT2D eigenvalue weighted by Gasteiger charge is -2.28. The van der Waals surface area contributed by atoms with Crippen LogP contribution < -0.4 is 19.7 Å². The molecule has 0 saturated carbocycles. The van der Waals surface area contributed by atoms with Crippen LogP contribution in [0.1, 0.15) is 25.8 Å². The number of nitrogens with zero attached hydrogens (tertiary/aromatic N) is 1. The molecule has 2 heterocycles. The Bertz CT molecular complexity index is 1020. The molecule has 1 atom stereocenters. The fourth-order valence-electron chi connectivity index (χ4n) is 3.84. The van der Waals surface area contributed by atoms with Crippen LogP contribution >= 0.6 is 0 Å². The van der Waals surface area contributed by atoms with E-state index in [4.69, 9.17) is 9.47 Å². The van der Waals surface area contributed by atoms with Crippen LogP contribution in [0.15, 0.2) is 36.4 Å². The van der Waals surface area contributed by atoms with E-state index in [1.807, 2.05) is 32.0 Å². The first-order chi connectivity index (χ1) is 14.7. The molecule has 2 aliphatic heterocycles. The Morgan fingerprint density at radius 2 is 1.87 bits per heavy atom. The standard InChI is InChI=1S/C23H24F2N2O4/c1-23(2,15-3-6-19-20(10-15)31-8-7-30-19)13-26-22(29)14-9-21(28)27(12-14)18-5-4-16(24)11-17(18)25/h3-6,10-11,14H,7-9,12-13H2,1-2H3,(H,26,29). The Kier molecular flexibility index (Phi) is 5.56. The highest BCUT2D eigenvalue weighted by atomic mass is 19.1. The molecule has 1 fully saturated rings. The van der Waals surface area contributed by atoms with Gasteiger partial charge in [0.15, 0.2) is 11.5 Å². The van der Waals surface area contributed by atoms with Gasteiger partial charge in [0.05, 0.1) is 11.6 Å². The monoisotopic (exact) mass is 430 g/mol. The first-order valence-electron chi connectivity index (χ1n) is 10.2. The molecular formula is C23H24F2N2O4. The van der Waals surface area contributed by atoms with Crippen molar-refractivity contribution in [3.8, 4) is 11.5 Å². The SMILES string of the molecule is CC(C)(CNC(=O)C1CC(=O)N(c2ccc(F)cc2F)C1)c1ccc2c(c1)OCCO2. The van der Waals surface area contributed by atoms with Crippen LogP contribution in [0.2, 0.25) is 0 Å². The molecule has 0 aliphatic carbocycles. The van der Waals surface area contributed by atoms with Crippen LogP contribution in [0.4, 0.5) is 14.5 Å². The predicted molar refractivity (Wildman–Crippen MR) is 110 cm³/mol. The highest BCUT2D eigenvalue weighted by molar-refractivity contribution is 6.00. The van der Waals surface area contributed by atoms with E-state index in [1.54, 1.807) is 0 Å². The minimum absolute atomic E-state index is 0.0155. The third kappa shape index (κ3) is 4.33. The summed E-state index contributed by atoms with van der Waals surface area (Å²) in [5, 5.41) is 2.92. The smallest absolute Gasteiger partial charge is 0.227 e. The Hall–Kier alpha value is -3.16. The number of nitrogens with one attached hydrogen (secondary N) is 1. The van der Waals surface area contributed by atoms with Crippen LogP contribution in [0.5, 0.6) is 11.5 Å². The van der Waals surface area contributed by atoms with Crippen molar-refractivity contribution in [2.75, 3.05) is 31.2 Å². The van der Waals surface area contributed by atoms with Crippen molar-refractivity contribution in [1.29, 1.82) is 0 Å². The number of benzene rings is 2. The summed E-state index contributed by atoms with van der Waals surface area (Å²) < 4.78 is 38.4. The lowest BCUT2D eigenvalue weighted by molar-refractivity contribution is -0.126. The Morgan fingerprint density at radius 3 is 2.61 bits per heavy atom. The lowest BCUT2D eigenvalue weighted by Crippen LogP contribution is -2.40. The second-order valence-corrected chi connectivity index (χ2v) is 8.46. The normalized spacial score (nSPS) is 18.3. The van der Waals surface area contributed by atoms with E-state index in [0.29, 0.717) is 31.3 Å². The summed E-state index contributed by atoms with van der Waals surface area (Å²) >= 11 is 0. The van der Waals surface area contributed by atoms with E-state index < -0.39 is 23.0 Å². The molecule has 0 aromatic heterocycles. The van der Waals surface area contributed by atoms with Gasteiger partial charge in [0.2, 0.25) is 11.8 Å². The first-order valence-corrected chi connectivity index (χ1v) is 10.2. The Labute approximate surface area is 179 Å². The van der Waals surface area contributed by atoms with Gasteiger partial charge in [0.1, 0.15) is 24.8 Å². The van der Waals surface area contributed by atoms with Crippen molar-refractivity contribution < 1.29 is 27.8 Å². The zero-order valence-corrected chi connectivity index (χ0v) is 17.4. The van der Waals surface area contributed by atoms with Gasteiger partial charge in [-0.1, -0.05) is 19.9 Å². The molecule has 2 aromatic rings. The van der Waals surface area contributed by atoms with Crippen LogP contribution in [0.25, 0.3) is 0 Å². The van der Waals surface area contributed by atoms with Gasteiger partial charge in [-0.2, -0.15) is 0 Å². The summed E-state index contributed by atoms with van der Waals surface area (Å²) in [6.07, 6.45) is -0.0207. The molecule has 1 saturated heterocycles. The maximum absolute atomic E-state index is 14.1. The van der Waals surface area contributed by atoms with Gasteiger partial charge in [0.25, 0.3) is 0 Å². The fourth-order valence-corrected chi connectivity index (χ4v) is 3.84. The van der Waals surface area contributed by atoms with Gasteiger partial charge in [-0.25, -0.2) is 8.78 Å². The summed E-state index contributed by atoms with van der Waals surface area (Å²) in [6.45, 7) is 5.41. The molecule has 6 nitrogen and oxygen atoms in total. The minimum Gasteiger partial charge on any atom is -0.486 e. The second-order valence-electron chi connectivity index (χ2n) is 8.46. The number of rotatable bonds is 5. The van der Waals surface area contributed by atoms with Crippen molar-refractivity contribution in [2.24, 2.45) is 5.92 Å². The number of fused-ring (bicyclic) bond motifs is 1. The third-order valence-corrected chi connectivity index (χ3v) is 5.72. The molecule has 2 aliphatic rings. The summed E-state index contributed by atoms with van der Waals surface area (Å²) in [5.74, 6) is -1.40. The van der Waals surface area contributed by atoms with Crippen molar-refractivity contribution in [2.45, 2.75) is 25.7 Å². The number of ether oxygens (including phenoxy) is 2. The molecule has 2 amide bonds. The number of carbonyl (C=O) groups is 2. The molecule has 8 heteroatoms. The summed E-state index contributed by atoms with van der Waals surface area (Å²) in [5.41, 5.74) is 0.574. The zero-order valence-electron chi connectivity index (χ0n) is 17.4. The molecule has 164 valence electrons. The zero-order chi connectivity index (χ0) is 22.2. The van der Waals surface area contributed by atoms with E-state index in [0.717, 1.165) is 17.7 Å². The van der Waals surface area contributed by atoms with E-state index in [9.17, 15) is 18.4 Å². The summed E-state index contributed by atoms with van der Waals surface area (Å²) in [4.78, 5) is 26.3. The number of carbonyl (C=O) groups excluding carboxylic acids is 2. The summed E-state index contributed by atoms with van der Waals surface area (Å²) in [6, 6.07) is 8.75. The molecule has 0 radical (unpaired) electrons. The van der Waals surface area contributed by atoms with Crippen molar-refractivity contribution >= 4 is 17.5 Å². The van der Waals surface area contributed by atoms with Gasteiger partial charge in [-0.3, -0.25) is 9.59 Å². The third-order valence-electron chi connectivity index (χ3n) is 5.72. The molecule has 1 N–H and O–H groups in total. The second kappa shape index (κ2) is 8.17. The lowest BCUT2D eigenvalue weighted by atomic mass is 9.84. The number of hydrogen-bond donors (Lipinski definition) is 1. The van der Waals surface area contributed by atoms with Crippen molar-refractivity contribution in [3.05, 3.63) is 53.6 Å². The molecule has 4 rings (SSSR count). The van der Waals surface area contributed by atoms with E-state index in [-0.39, 0.29) is 30.5 Å². The Balaban J connectivity index is 1.40. The number of amides is 2. The number of halogens is 2. The maximum atomic E-state index is 14.1. The van der Waals surface area contributed by atoms with E-state index in [2.05, 4.69) is 5.32 Å². The molecule has 0 spiro atoms. The highest BCUT2D eigenvalue weighted by Crippen LogP contribution is 2.35. The van der Waals surface area contributed by atoms with Gasteiger partial charge in [0, 0.05) is 31.0 Å². The van der Waals surface area contributed by atoms with Crippen LogP contribution in [0, 0.1) is 17.6 Å². The van der Waals surface area contributed by atoms with Gasteiger partial charge < -0.3 is 19.7 Å². The van der Waals surface area contributed by atoms with Crippen LogP contribution in [-0.2, 0) is 15.0 Å². The number of hydrogen-bond acceptors (Lipinski definition) is 4. The fraction of sp³-hybridized carbons (Fsp3) is 0.391.